The number of sulfonamides is 1. The van der Waals surface area contributed by atoms with E-state index in [2.05, 4.69) is 10.0 Å². The van der Waals surface area contributed by atoms with Crippen molar-refractivity contribution < 1.29 is 22.7 Å². The first kappa shape index (κ1) is 22.2. The second-order valence-corrected chi connectivity index (χ2v) is 8.91. The number of unbranched alkanes of at least 4 members (excludes halogenated alkanes) is 1. The van der Waals surface area contributed by atoms with E-state index in [4.69, 9.17) is 4.74 Å². The number of hydrogen-bond donors (Lipinski definition) is 2. The van der Waals surface area contributed by atoms with Gasteiger partial charge in [0.25, 0.3) is 10.0 Å². The fourth-order valence-corrected chi connectivity index (χ4v) is 4.30. The lowest BCUT2D eigenvalue weighted by molar-refractivity contribution is -0.147. The Morgan fingerprint density at radius 2 is 1.79 bits per heavy atom. The van der Waals surface area contributed by atoms with Gasteiger partial charge in [-0.3, -0.25) is 4.79 Å². The van der Waals surface area contributed by atoms with Crippen molar-refractivity contribution in [2.75, 3.05) is 0 Å². The Labute approximate surface area is 167 Å². The minimum Gasteiger partial charge on any atom is -0.458 e. The predicted molar refractivity (Wildman–Crippen MR) is 106 cm³/mol. The van der Waals surface area contributed by atoms with Gasteiger partial charge in [0.2, 0.25) is 0 Å². The van der Waals surface area contributed by atoms with E-state index in [0.717, 1.165) is 50.5 Å². The Morgan fingerprint density at radius 1 is 1.14 bits per heavy atom. The monoisotopic (exact) mass is 410 g/mol. The molecule has 1 atom stereocenters. The summed E-state index contributed by atoms with van der Waals surface area (Å²) in [5.41, 5.74) is 0.731. The molecule has 0 radical (unpaired) electrons. The molecule has 1 aliphatic rings. The topological polar surface area (TPSA) is 102 Å². The molecule has 2 N–H and O–H groups in total. The zero-order valence-corrected chi connectivity index (χ0v) is 17.4. The van der Waals surface area contributed by atoms with Crippen LogP contribution in [-0.4, -0.2) is 26.5 Å². The number of carbonyl (C=O) groups is 2. The van der Waals surface area contributed by atoms with Crippen molar-refractivity contribution in [1.29, 1.82) is 0 Å². The first-order valence-corrected chi connectivity index (χ1v) is 11.4. The van der Waals surface area contributed by atoms with Crippen LogP contribution in [0.5, 0.6) is 0 Å². The molecule has 1 aromatic rings. The summed E-state index contributed by atoms with van der Waals surface area (Å²) >= 11 is 0. The minimum atomic E-state index is -3.96. The average Bonchev–Trinajstić information content (AvgIpc) is 2.65. The highest BCUT2D eigenvalue weighted by Gasteiger charge is 2.22. The molecule has 0 saturated heterocycles. The Morgan fingerprint density at radius 3 is 2.36 bits per heavy atom. The third kappa shape index (κ3) is 6.82. The molecule has 1 saturated carbocycles. The van der Waals surface area contributed by atoms with Crippen molar-refractivity contribution >= 4 is 22.0 Å². The number of esters is 1. The molecule has 156 valence electrons. The van der Waals surface area contributed by atoms with Gasteiger partial charge in [-0.1, -0.05) is 44.7 Å². The number of nitrogens with one attached hydrogen (secondary N) is 2. The van der Waals surface area contributed by atoms with E-state index in [-0.39, 0.29) is 16.9 Å². The van der Waals surface area contributed by atoms with Gasteiger partial charge in [-0.05, 0) is 43.4 Å². The zero-order chi connectivity index (χ0) is 20.6. The summed E-state index contributed by atoms with van der Waals surface area (Å²) in [7, 11) is -3.96. The molecule has 7 nitrogen and oxygen atoms in total. The molecule has 8 heteroatoms. The second kappa shape index (κ2) is 10.5. The van der Waals surface area contributed by atoms with Crippen molar-refractivity contribution in [3.8, 4) is 0 Å². The first-order valence-electron chi connectivity index (χ1n) is 9.92. The largest absolute Gasteiger partial charge is 0.458 e. The molecule has 2 rings (SSSR count). The summed E-state index contributed by atoms with van der Waals surface area (Å²) in [5.74, 6) is -0.376. The van der Waals surface area contributed by atoms with Crippen LogP contribution in [0.4, 0.5) is 4.79 Å². The van der Waals surface area contributed by atoms with E-state index in [1.807, 2.05) is 6.92 Å². The lowest BCUT2D eigenvalue weighted by Gasteiger charge is -2.22. The van der Waals surface area contributed by atoms with Crippen LogP contribution in [0.25, 0.3) is 0 Å². The smallest absolute Gasteiger partial charge is 0.328 e. The maximum Gasteiger partial charge on any atom is 0.328 e. The number of ether oxygens (including phenoxy) is 1. The van der Waals surface area contributed by atoms with E-state index in [0.29, 0.717) is 6.42 Å². The van der Waals surface area contributed by atoms with Crippen molar-refractivity contribution in [2.24, 2.45) is 0 Å². The van der Waals surface area contributed by atoms with Crippen molar-refractivity contribution in [1.82, 2.24) is 10.0 Å². The highest BCUT2D eigenvalue weighted by molar-refractivity contribution is 7.90. The van der Waals surface area contributed by atoms with Crippen molar-refractivity contribution in [3.63, 3.8) is 0 Å². The summed E-state index contributed by atoms with van der Waals surface area (Å²) in [6, 6.07) is 5.42. The van der Waals surface area contributed by atoms with Crippen LogP contribution >= 0.6 is 0 Å². The third-order valence-electron chi connectivity index (χ3n) is 4.86. The van der Waals surface area contributed by atoms with Crippen LogP contribution in [0.3, 0.4) is 0 Å². The average molecular weight is 411 g/mol. The maximum atomic E-state index is 12.5. The quantitative estimate of drug-likeness (QED) is 0.635. The normalized spacial score (nSPS) is 16.2. The van der Waals surface area contributed by atoms with E-state index >= 15 is 0 Å². The van der Waals surface area contributed by atoms with Crippen LogP contribution in [0.2, 0.25) is 0 Å². The van der Waals surface area contributed by atoms with E-state index < -0.39 is 22.2 Å². The van der Waals surface area contributed by atoms with Gasteiger partial charge >= 0.3 is 12.0 Å². The third-order valence-corrected chi connectivity index (χ3v) is 6.20. The van der Waals surface area contributed by atoms with Gasteiger partial charge in [0, 0.05) is 13.0 Å². The first-order chi connectivity index (χ1) is 13.3. The Hall–Kier alpha value is -2.09. The zero-order valence-electron chi connectivity index (χ0n) is 16.6. The highest BCUT2D eigenvalue weighted by Crippen LogP contribution is 2.25. The summed E-state index contributed by atoms with van der Waals surface area (Å²) in [4.78, 5) is 23.4. The molecule has 0 heterocycles. The summed E-state index contributed by atoms with van der Waals surface area (Å²) in [6.07, 6.45) is 7.10. The second-order valence-electron chi connectivity index (χ2n) is 7.22. The lowest BCUT2D eigenvalue weighted by atomic mass is 9.96. The molecule has 1 aromatic carbocycles. The summed E-state index contributed by atoms with van der Waals surface area (Å²) < 4.78 is 32.3. The van der Waals surface area contributed by atoms with E-state index in [1.165, 1.54) is 19.1 Å². The molecular formula is C20H30N2O5S. The summed E-state index contributed by atoms with van der Waals surface area (Å²) in [5, 5.41) is 2.73. The van der Waals surface area contributed by atoms with Crippen molar-refractivity contribution in [3.05, 3.63) is 29.8 Å². The van der Waals surface area contributed by atoms with Gasteiger partial charge in [-0.15, -0.1) is 0 Å². The molecule has 0 aromatic heterocycles. The van der Waals surface area contributed by atoms with E-state index in [1.54, 1.807) is 12.1 Å². The molecule has 1 unspecified atom stereocenters. The highest BCUT2D eigenvalue weighted by atomic mass is 32.2. The molecule has 2 amide bonds. The van der Waals surface area contributed by atoms with Gasteiger partial charge in [-0.25, -0.2) is 17.9 Å². The molecule has 0 spiro atoms. The molecule has 0 aliphatic heterocycles. The number of rotatable bonds is 8. The van der Waals surface area contributed by atoms with Crippen LogP contribution in [-0.2, 0) is 19.6 Å². The number of carbonyl (C=O) groups excluding carboxylic acids is 2. The number of urea groups is 1. The fraction of sp³-hybridized carbons (Fsp3) is 0.600. The van der Waals surface area contributed by atoms with E-state index in [9.17, 15) is 18.0 Å². The van der Waals surface area contributed by atoms with Gasteiger partial charge in [0.05, 0.1) is 4.90 Å². The standard InChI is InChI=1S/C20H30N2O5S/c1-3-4-10-19(27-15(2)23)16-11-13-18(14-12-16)28(25,26)22-20(24)21-17-8-6-5-7-9-17/h11-14,17,19H,3-10H2,1-2H3,(H2,21,22,24). The Balaban J connectivity index is 2.02. The number of benzene rings is 1. The molecule has 28 heavy (non-hydrogen) atoms. The van der Waals surface area contributed by atoms with Crippen LogP contribution in [0.1, 0.15) is 76.9 Å². The van der Waals surface area contributed by atoms with Gasteiger partial charge in [0.1, 0.15) is 6.10 Å². The number of amides is 2. The van der Waals surface area contributed by atoms with Gasteiger partial charge < -0.3 is 10.1 Å². The van der Waals surface area contributed by atoms with Crippen LogP contribution < -0.4 is 10.0 Å². The molecule has 1 aliphatic carbocycles. The maximum absolute atomic E-state index is 12.5. The fourth-order valence-electron chi connectivity index (χ4n) is 3.39. The lowest BCUT2D eigenvalue weighted by Crippen LogP contribution is -2.45. The van der Waals surface area contributed by atoms with Crippen molar-refractivity contribution in [2.45, 2.75) is 82.3 Å². The van der Waals surface area contributed by atoms with Gasteiger partial charge in [-0.2, -0.15) is 0 Å². The number of hydrogen-bond acceptors (Lipinski definition) is 5. The summed E-state index contributed by atoms with van der Waals surface area (Å²) in [6.45, 7) is 3.40. The predicted octanol–water partition coefficient (Wildman–Crippen LogP) is 3.80. The molecular weight excluding hydrogens is 380 g/mol. The van der Waals surface area contributed by atoms with Crippen LogP contribution in [0.15, 0.2) is 29.2 Å². The van der Waals surface area contributed by atoms with Crippen LogP contribution in [0, 0.1) is 0 Å². The molecule has 0 bridgehead atoms. The van der Waals surface area contributed by atoms with Gasteiger partial charge in [0.15, 0.2) is 0 Å². The Kier molecular flexibility index (Phi) is 8.29. The Bertz CT molecular complexity index is 755. The minimum absolute atomic E-state index is 0.00730. The molecule has 1 fully saturated rings. The SMILES string of the molecule is CCCCC(OC(C)=O)c1ccc(S(=O)(=O)NC(=O)NC2CCCCC2)cc1.